The average molecular weight is 383 g/mol. The molecule has 1 aromatic heterocycles. The zero-order chi connectivity index (χ0) is 19.1. The molecule has 1 atom stereocenters. The van der Waals surface area contributed by atoms with Gasteiger partial charge in [0.25, 0.3) is 11.8 Å². The summed E-state index contributed by atoms with van der Waals surface area (Å²) in [7, 11) is 0. The Morgan fingerprint density at radius 2 is 2.07 bits per heavy atom. The highest BCUT2D eigenvalue weighted by atomic mass is 32.1. The van der Waals surface area contributed by atoms with Crippen molar-refractivity contribution in [1.29, 1.82) is 0 Å². The molecule has 1 saturated heterocycles. The Bertz CT molecular complexity index is 983. The summed E-state index contributed by atoms with van der Waals surface area (Å²) in [6.07, 6.45) is 0.219. The number of imide groups is 2. The smallest absolute Gasteiger partial charge is 0.264 e. The molecule has 2 aliphatic heterocycles. The van der Waals surface area contributed by atoms with Crippen LogP contribution < -0.4 is 10.6 Å². The van der Waals surface area contributed by atoms with Crippen LogP contribution in [0.1, 0.15) is 44.3 Å². The molecule has 0 aliphatic carbocycles. The first-order valence-corrected chi connectivity index (χ1v) is 9.18. The van der Waals surface area contributed by atoms with Crippen molar-refractivity contribution >= 4 is 40.7 Å². The molecule has 0 spiro atoms. The van der Waals surface area contributed by atoms with Gasteiger partial charge >= 0.3 is 0 Å². The van der Waals surface area contributed by atoms with E-state index in [0.717, 1.165) is 9.91 Å². The first-order valence-electron chi connectivity index (χ1n) is 8.30. The first-order chi connectivity index (χ1) is 13.0. The van der Waals surface area contributed by atoms with Gasteiger partial charge in [0.1, 0.15) is 11.0 Å². The molecule has 3 heterocycles. The quantitative estimate of drug-likeness (QED) is 0.772. The number of carbonyl (C=O) groups excluding carboxylic acids is 4. The van der Waals surface area contributed by atoms with Crippen molar-refractivity contribution in [3.05, 3.63) is 52.3 Å². The molecule has 9 heteroatoms. The molecular weight excluding hydrogens is 368 g/mol. The molecular formula is C18H15N4O4S. The van der Waals surface area contributed by atoms with Crippen LogP contribution in [0.4, 0.5) is 5.69 Å². The zero-order valence-corrected chi connectivity index (χ0v) is 15.0. The van der Waals surface area contributed by atoms with Crippen molar-refractivity contribution in [2.45, 2.75) is 25.4 Å². The minimum Gasteiger partial charge on any atom is -0.378 e. The Morgan fingerprint density at radius 1 is 1.26 bits per heavy atom. The molecule has 27 heavy (non-hydrogen) atoms. The van der Waals surface area contributed by atoms with Gasteiger partial charge in [-0.05, 0) is 25.5 Å². The van der Waals surface area contributed by atoms with E-state index in [1.165, 1.54) is 11.3 Å². The summed E-state index contributed by atoms with van der Waals surface area (Å²) in [6, 6.07) is 3.96. The summed E-state index contributed by atoms with van der Waals surface area (Å²) < 4.78 is 0. The summed E-state index contributed by atoms with van der Waals surface area (Å²) in [5.41, 5.74) is 1.65. The van der Waals surface area contributed by atoms with Gasteiger partial charge in [0.15, 0.2) is 0 Å². The SMILES string of the molecule is [CH2]c1csc(CNc2cccc3c2C(=O)N(C2CCC(=O)NC2=O)C3=O)n1. The first kappa shape index (κ1) is 17.3. The molecule has 0 bridgehead atoms. The highest BCUT2D eigenvalue weighted by molar-refractivity contribution is 7.09. The number of rotatable bonds is 4. The van der Waals surface area contributed by atoms with Gasteiger partial charge in [-0.2, -0.15) is 0 Å². The Morgan fingerprint density at radius 3 is 2.78 bits per heavy atom. The molecule has 8 nitrogen and oxygen atoms in total. The maximum atomic E-state index is 12.9. The number of anilines is 1. The normalized spacial score (nSPS) is 19.3. The fraction of sp³-hybridized carbons (Fsp3) is 0.222. The minimum absolute atomic E-state index is 0.0896. The lowest BCUT2D eigenvalue weighted by atomic mass is 10.0. The number of piperidine rings is 1. The second-order valence-electron chi connectivity index (χ2n) is 6.26. The lowest BCUT2D eigenvalue weighted by molar-refractivity contribution is -0.136. The highest BCUT2D eigenvalue weighted by Crippen LogP contribution is 2.32. The van der Waals surface area contributed by atoms with Crippen LogP contribution in [-0.4, -0.2) is 39.6 Å². The maximum Gasteiger partial charge on any atom is 0.264 e. The third-order valence-corrected chi connectivity index (χ3v) is 5.40. The topological polar surface area (TPSA) is 108 Å². The van der Waals surface area contributed by atoms with E-state index in [9.17, 15) is 19.2 Å². The second kappa shape index (κ2) is 6.58. The van der Waals surface area contributed by atoms with Crippen molar-refractivity contribution in [3.63, 3.8) is 0 Å². The van der Waals surface area contributed by atoms with Crippen LogP contribution in [-0.2, 0) is 16.1 Å². The number of nitrogens with one attached hydrogen (secondary N) is 2. The molecule has 1 unspecified atom stereocenters. The van der Waals surface area contributed by atoms with Gasteiger partial charge in [-0.25, -0.2) is 4.98 Å². The van der Waals surface area contributed by atoms with Gasteiger partial charge in [0.2, 0.25) is 11.8 Å². The number of amides is 4. The fourth-order valence-corrected chi connectivity index (χ4v) is 3.91. The number of carbonyl (C=O) groups is 4. The number of hydrogen-bond acceptors (Lipinski definition) is 7. The Hall–Kier alpha value is -3.07. The predicted octanol–water partition coefficient (Wildman–Crippen LogP) is 1.34. The Balaban J connectivity index is 1.61. The lowest BCUT2D eigenvalue weighted by Crippen LogP contribution is -2.54. The standard InChI is InChI=1S/C18H15N4O4S/c1-9-8-27-14(20-9)7-19-11-4-2-3-10-15(11)18(26)22(17(10)25)12-5-6-13(23)21-16(12)24/h2-4,8,12,19H,1,5-7H2,(H,21,23,24). The van der Waals surface area contributed by atoms with Gasteiger partial charge < -0.3 is 5.32 Å². The maximum absolute atomic E-state index is 12.9. The monoisotopic (exact) mass is 383 g/mol. The molecule has 2 aliphatic rings. The van der Waals surface area contributed by atoms with Crippen molar-refractivity contribution in [2.24, 2.45) is 0 Å². The lowest BCUT2D eigenvalue weighted by Gasteiger charge is -2.27. The summed E-state index contributed by atoms with van der Waals surface area (Å²) >= 11 is 1.44. The molecule has 4 amide bonds. The van der Waals surface area contributed by atoms with Crippen molar-refractivity contribution in [2.75, 3.05) is 5.32 Å². The summed E-state index contributed by atoms with van der Waals surface area (Å²) in [4.78, 5) is 54.4. The number of thiazole rings is 1. The molecule has 0 saturated carbocycles. The van der Waals surface area contributed by atoms with E-state index in [-0.39, 0.29) is 24.0 Å². The Kier molecular flexibility index (Phi) is 4.23. The van der Waals surface area contributed by atoms with E-state index in [0.29, 0.717) is 17.9 Å². The predicted molar refractivity (Wildman–Crippen MR) is 97.0 cm³/mol. The average Bonchev–Trinajstić information content (AvgIpc) is 3.16. The number of nitrogens with zero attached hydrogens (tertiary/aromatic N) is 2. The summed E-state index contributed by atoms with van der Waals surface area (Å²) in [5, 5.41) is 7.95. The van der Waals surface area contributed by atoms with Crippen molar-refractivity contribution < 1.29 is 19.2 Å². The van der Waals surface area contributed by atoms with E-state index >= 15 is 0 Å². The van der Waals surface area contributed by atoms with Crippen LogP contribution in [0, 0.1) is 6.92 Å². The number of hydrogen-bond donors (Lipinski definition) is 2. The Labute approximate surface area is 158 Å². The van der Waals surface area contributed by atoms with Gasteiger partial charge in [-0.1, -0.05) is 6.07 Å². The number of benzene rings is 1. The van der Waals surface area contributed by atoms with Gasteiger partial charge in [0, 0.05) is 17.5 Å². The van der Waals surface area contributed by atoms with E-state index in [1.54, 1.807) is 18.2 Å². The van der Waals surface area contributed by atoms with E-state index in [2.05, 4.69) is 22.5 Å². The van der Waals surface area contributed by atoms with E-state index in [4.69, 9.17) is 0 Å². The van der Waals surface area contributed by atoms with Crippen molar-refractivity contribution in [1.82, 2.24) is 15.2 Å². The second-order valence-corrected chi connectivity index (χ2v) is 7.20. The third-order valence-electron chi connectivity index (χ3n) is 4.50. The minimum atomic E-state index is -0.976. The van der Waals surface area contributed by atoms with Crippen molar-refractivity contribution in [3.8, 4) is 0 Å². The van der Waals surface area contributed by atoms with Crippen LogP contribution in [0.3, 0.4) is 0 Å². The van der Waals surface area contributed by atoms with Crippen LogP contribution in [0.25, 0.3) is 0 Å². The number of aromatic nitrogens is 1. The molecule has 2 N–H and O–H groups in total. The van der Waals surface area contributed by atoms with E-state index < -0.39 is 29.7 Å². The summed E-state index contributed by atoms with van der Waals surface area (Å²) in [6.45, 7) is 4.14. The van der Waals surface area contributed by atoms with Crippen LogP contribution in [0.5, 0.6) is 0 Å². The van der Waals surface area contributed by atoms with Gasteiger partial charge in [-0.3, -0.25) is 29.4 Å². The number of fused-ring (bicyclic) bond motifs is 1. The van der Waals surface area contributed by atoms with Gasteiger partial charge in [-0.15, -0.1) is 11.3 Å². The molecule has 2 aromatic rings. The van der Waals surface area contributed by atoms with Gasteiger partial charge in [0.05, 0.1) is 23.4 Å². The molecule has 1 radical (unpaired) electrons. The van der Waals surface area contributed by atoms with E-state index in [1.807, 2.05) is 5.38 Å². The zero-order valence-electron chi connectivity index (χ0n) is 14.2. The summed E-state index contributed by atoms with van der Waals surface area (Å²) in [5.74, 6) is -2.09. The largest absolute Gasteiger partial charge is 0.378 e. The molecule has 1 fully saturated rings. The molecule has 4 rings (SSSR count). The highest BCUT2D eigenvalue weighted by Gasteiger charge is 2.45. The molecule has 137 valence electrons. The molecule has 1 aromatic carbocycles. The fourth-order valence-electron chi connectivity index (χ4n) is 3.26. The van der Waals surface area contributed by atoms with Crippen LogP contribution in [0.15, 0.2) is 23.6 Å². The van der Waals surface area contributed by atoms with Crippen LogP contribution in [0.2, 0.25) is 0 Å². The van der Waals surface area contributed by atoms with Crippen LogP contribution >= 0.6 is 11.3 Å². The third kappa shape index (κ3) is 2.99.